The molecule has 0 aliphatic carbocycles. The molecule has 0 aromatic heterocycles. The van der Waals surface area contributed by atoms with Gasteiger partial charge in [-0.3, -0.25) is 4.79 Å². The topological polar surface area (TPSA) is 52.3 Å². The van der Waals surface area contributed by atoms with E-state index in [9.17, 15) is 13.6 Å². The molecule has 2 N–H and O–H groups in total. The number of benzene rings is 2. The van der Waals surface area contributed by atoms with Crippen LogP contribution in [0.3, 0.4) is 0 Å². The number of nitrogens with two attached hydrogens (primary N) is 1. The zero-order valence-electron chi connectivity index (χ0n) is 10.8. The number of ketones is 1. The summed E-state index contributed by atoms with van der Waals surface area (Å²) < 4.78 is 31.5. The molecule has 3 nitrogen and oxygen atoms in total. The Morgan fingerprint density at radius 1 is 1.15 bits per heavy atom. The van der Waals surface area contributed by atoms with Gasteiger partial charge in [-0.05, 0) is 42.8 Å². The van der Waals surface area contributed by atoms with Crippen molar-refractivity contribution in [3.05, 3.63) is 59.2 Å². The van der Waals surface area contributed by atoms with Crippen LogP contribution in [0, 0.1) is 11.6 Å². The van der Waals surface area contributed by atoms with Crippen LogP contribution in [0.4, 0.5) is 14.5 Å². The van der Waals surface area contributed by atoms with Crippen LogP contribution >= 0.6 is 0 Å². The normalized spacial score (nSPS) is 10.3. The van der Waals surface area contributed by atoms with E-state index in [1.54, 1.807) is 12.1 Å². The summed E-state index contributed by atoms with van der Waals surface area (Å²) in [4.78, 5) is 11.5. The molecule has 0 saturated carbocycles. The summed E-state index contributed by atoms with van der Waals surface area (Å²) in [5.74, 6) is -1.21. The van der Waals surface area contributed by atoms with Gasteiger partial charge in [-0.1, -0.05) is 0 Å². The van der Waals surface area contributed by atoms with E-state index in [0.29, 0.717) is 22.6 Å². The van der Waals surface area contributed by atoms with Gasteiger partial charge in [0.05, 0.1) is 5.56 Å². The summed E-state index contributed by atoms with van der Waals surface area (Å²) in [5, 5.41) is 0. The Morgan fingerprint density at radius 2 is 1.80 bits per heavy atom. The van der Waals surface area contributed by atoms with Crippen LogP contribution in [0.5, 0.6) is 5.75 Å². The molecule has 0 bridgehead atoms. The minimum Gasteiger partial charge on any atom is -0.488 e. The summed E-state index contributed by atoms with van der Waals surface area (Å²) >= 11 is 0. The second-order valence-electron chi connectivity index (χ2n) is 4.38. The molecule has 0 amide bonds. The maximum atomic E-state index is 13.0. The monoisotopic (exact) mass is 277 g/mol. The second kappa shape index (κ2) is 5.69. The van der Waals surface area contributed by atoms with Crippen molar-refractivity contribution in [2.45, 2.75) is 13.5 Å². The number of nitrogen functional groups attached to an aromatic ring is 1. The molecule has 0 saturated heterocycles. The highest BCUT2D eigenvalue weighted by Gasteiger charge is 2.10. The summed E-state index contributed by atoms with van der Waals surface area (Å²) in [6, 6.07) is 7.79. The van der Waals surface area contributed by atoms with Gasteiger partial charge in [0, 0.05) is 11.8 Å². The number of carbonyl (C=O) groups excluding carboxylic acids is 1. The van der Waals surface area contributed by atoms with Crippen molar-refractivity contribution >= 4 is 11.5 Å². The lowest BCUT2D eigenvalue weighted by molar-refractivity contribution is 0.101. The van der Waals surface area contributed by atoms with Crippen LogP contribution < -0.4 is 10.5 Å². The number of hydrogen-bond donors (Lipinski definition) is 1. The van der Waals surface area contributed by atoms with Gasteiger partial charge >= 0.3 is 0 Å². The van der Waals surface area contributed by atoms with E-state index in [4.69, 9.17) is 10.5 Å². The fraction of sp³-hybridized carbons (Fsp3) is 0.133. The highest BCUT2D eigenvalue weighted by molar-refractivity contribution is 5.97. The van der Waals surface area contributed by atoms with Crippen LogP contribution in [-0.2, 0) is 6.61 Å². The fourth-order valence-electron chi connectivity index (χ4n) is 1.80. The molecule has 0 unspecified atom stereocenters. The molecule has 104 valence electrons. The number of hydrogen-bond acceptors (Lipinski definition) is 3. The summed E-state index contributed by atoms with van der Waals surface area (Å²) in [5.41, 5.74) is 6.73. The number of anilines is 1. The first-order valence-electron chi connectivity index (χ1n) is 5.94. The molecule has 5 heteroatoms. The first kappa shape index (κ1) is 14.0. The minimum atomic E-state index is -0.673. The molecular weight excluding hydrogens is 264 g/mol. The molecule has 0 heterocycles. The number of Topliss-reactive ketones (excluding diaryl/α,β-unsaturated/α-hetero) is 1. The molecular formula is C15H13F2NO2. The first-order valence-corrected chi connectivity index (χ1v) is 5.94. The molecule has 2 rings (SSSR count). The lowest BCUT2D eigenvalue weighted by atomic mass is 10.1. The van der Waals surface area contributed by atoms with E-state index in [-0.39, 0.29) is 12.4 Å². The fourth-order valence-corrected chi connectivity index (χ4v) is 1.80. The van der Waals surface area contributed by atoms with Crippen molar-refractivity contribution in [1.29, 1.82) is 0 Å². The van der Waals surface area contributed by atoms with Crippen molar-refractivity contribution in [3.63, 3.8) is 0 Å². The van der Waals surface area contributed by atoms with Crippen molar-refractivity contribution in [2.24, 2.45) is 0 Å². The predicted molar refractivity (Wildman–Crippen MR) is 71.5 cm³/mol. The Labute approximate surface area is 115 Å². The zero-order chi connectivity index (χ0) is 14.7. The molecule has 0 spiro atoms. The molecule has 0 aliphatic heterocycles. The van der Waals surface area contributed by atoms with Crippen LogP contribution in [0.2, 0.25) is 0 Å². The van der Waals surface area contributed by atoms with E-state index in [1.165, 1.54) is 25.1 Å². The third-order valence-corrected chi connectivity index (χ3v) is 2.70. The Hall–Kier alpha value is -2.43. The summed E-state index contributed by atoms with van der Waals surface area (Å²) in [6.45, 7) is 1.35. The van der Waals surface area contributed by atoms with Crippen LogP contribution in [0.15, 0.2) is 36.4 Å². The van der Waals surface area contributed by atoms with E-state index >= 15 is 0 Å². The largest absolute Gasteiger partial charge is 0.488 e. The zero-order valence-corrected chi connectivity index (χ0v) is 10.8. The van der Waals surface area contributed by atoms with E-state index in [1.807, 2.05) is 0 Å². The van der Waals surface area contributed by atoms with E-state index in [2.05, 4.69) is 0 Å². The van der Waals surface area contributed by atoms with Gasteiger partial charge in [0.25, 0.3) is 0 Å². The van der Waals surface area contributed by atoms with Gasteiger partial charge in [0.2, 0.25) is 0 Å². The third kappa shape index (κ3) is 3.32. The molecule has 2 aromatic carbocycles. The molecule has 0 fully saturated rings. The molecule has 0 atom stereocenters. The lowest BCUT2D eigenvalue weighted by Crippen LogP contribution is -2.03. The molecule has 2 aromatic rings. The highest BCUT2D eigenvalue weighted by Crippen LogP contribution is 2.23. The summed E-state index contributed by atoms with van der Waals surface area (Å²) in [6.07, 6.45) is 0. The highest BCUT2D eigenvalue weighted by atomic mass is 19.1. The van der Waals surface area contributed by atoms with Crippen molar-refractivity contribution in [3.8, 4) is 5.75 Å². The van der Waals surface area contributed by atoms with Gasteiger partial charge in [-0.25, -0.2) is 8.78 Å². The quantitative estimate of drug-likeness (QED) is 0.689. The van der Waals surface area contributed by atoms with Crippen molar-refractivity contribution in [1.82, 2.24) is 0 Å². The predicted octanol–water partition coefficient (Wildman–Crippen LogP) is 3.33. The minimum absolute atomic E-state index is 0.0428. The van der Waals surface area contributed by atoms with Gasteiger partial charge in [-0.15, -0.1) is 0 Å². The standard InChI is InChI=1S/C15H13F2NO2/c1-9(19)14-7-13(18)2-3-15(14)20-8-10-4-11(16)6-12(17)5-10/h2-7H,8,18H2,1H3. The van der Waals surface area contributed by atoms with Gasteiger partial charge in [0.1, 0.15) is 24.0 Å². The van der Waals surface area contributed by atoms with Crippen LogP contribution in [0.25, 0.3) is 0 Å². The number of rotatable bonds is 4. The van der Waals surface area contributed by atoms with Crippen molar-refractivity contribution in [2.75, 3.05) is 5.73 Å². The Morgan fingerprint density at radius 3 is 2.40 bits per heavy atom. The Balaban J connectivity index is 2.20. The van der Waals surface area contributed by atoms with Gasteiger partial charge < -0.3 is 10.5 Å². The van der Waals surface area contributed by atoms with Crippen LogP contribution in [0.1, 0.15) is 22.8 Å². The van der Waals surface area contributed by atoms with Crippen molar-refractivity contribution < 1.29 is 18.3 Å². The lowest BCUT2D eigenvalue weighted by Gasteiger charge is -2.10. The Kier molecular flexibility index (Phi) is 3.98. The Bertz CT molecular complexity index is 636. The second-order valence-corrected chi connectivity index (χ2v) is 4.38. The van der Waals surface area contributed by atoms with Crippen LogP contribution in [-0.4, -0.2) is 5.78 Å². The van der Waals surface area contributed by atoms with E-state index in [0.717, 1.165) is 6.07 Å². The average Bonchev–Trinajstić information content (AvgIpc) is 2.36. The third-order valence-electron chi connectivity index (χ3n) is 2.70. The SMILES string of the molecule is CC(=O)c1cc(N)ccc1OCc1cc(F)cc(F)c1. The maximum Gasteiger partial charge on any atom is 0.163 e. The van der Waals surface area contributed by atoms with E-state index < -0.39 is 11.6 Å². The molecule has 20 heavy (non-hydrogen) atoms. The summed E-state index contributed by atoms with van der Waals surface area (Å²) in [7, 11) is 0. The van der Waals surface area contributed by atoms with Gasteiger partial charge in [-0.2, -0.15) is 0 Å². The molecule has 0 radical (unpaired) electrons. The first-order chi connectivity index (χ1) is 9.45. The average molecular weight is 277 g/mol. The number of carbonyl (C=O) groups is 1. The maximum absolute atomic E-state index is 13.0. The molecule has 0 aliphatic rings. The number of ether oxygens (including phenoxy) is 1. The van der Waals surface area contributed by atoms with Gasteiger partial charge in [0.15, 0.2) is 5.78 Å². The smallest absolute Gasteiger partial charge is 0.163 e. The number of halogens is 2.